The third-order valence-corrected chi connectivity index (χ3v) is 4.85. The molecule has 6 heteroatoms. The van der Waals surface area contributed by atoms with E-state index in [9.17, 15) is 9.59 Å². The molecule has 0 N–H and O–H groups in total. The van der Waals surface area contributed by atoms with E-state index in [4.69, 9.17) is 9.47 Å². The highest BCUT2D eigenvalue weighted by Gasteiger charge is 2.29. The predicted molar refractivity (Wildman–Crippen MR) is 84.8 cm³/mol. The van der Waals surface area contributed by atoms with Gasteiger partial charge in [0.05, 0.1) is 26.3 Å². The first-order chi connectivity index (χ1) is 10.6. The Hall–Kier alpha value is -2.34. The van der Waals surface area contributed by atoms with Crippen LogP contribution in [0, 0.1) is 0 Å². The molecule has 2 aromatic rings. The van der Waals surface area contributed by atoms with Gasteiger partial charge in [-0.05, 0) is 18.2 Å². The van der Waals surface area contributed by atoms with Gasteiger partial charge in [0.2, 0.25) is 5.91 Å². The lowest BCUT2D eigenvalue weighted by molar-refractivity contribution is -0.117. The molecule has 1 aliphatic rings. The Labute approximate surface area is 132 Å². The molecule has 0 spiro atoms. The quantitative estimate of drug-likeness (QED) is 0.799. The molecule has 22 heavy (non-hydrogen) atoms. The predicted octanol–water partition coefficient (Wildman–Crippen LogP) is 2.73. The second kappa shape index (κ2) is 5.46. The van der Waals surface area contributed by atoms with Crippen molar-refractivity contribution in [3.8, 4) is 16.9 Å². The molecule has 2 heterocycles. The highest BCUT2D eigenvalue weighted by molar-refractivity contribution is 7.14. The fraction of sp³-hybridized carbons (Fsp3) is 0.250. The lowest BCUT2D eigenvalue weighted by Crippen LogP contribution is -2.26. The van der Waals surface area contributed by atoms with Crippen LogP contribution in [0.1, 0.15) is 14.5 Å². The number of amides is 1. The van der Waals surface area contributed by atoms with E-state index >= 15 is 0 Å². The van der Waals surface area contributed by atoms with Crippen molar-refractivity contribution in [3.05, 3.63) is 34.0 Å². The van der Waals surface area contributed by atoms with Crippen LogP contribution in [0.15, 0.2) is 24.3 Å². The van der Waals surface area contributed by atoms with Gasteiger partial charge in [0, 0.05) is 23.1 Å². The lowest BCUT2D eigenvalue weighted by atomic mass is 10.0. The second-order valence-electron chi connectivity index (χ2n) is 4.92. The number of nitrogens with zero attached hydrogens (tertiary/aromatic N) is 1. The molecule has 0 fully saturated rings. The number of methoxy groups -OCH3 is 2. The maximum absolute atomic E-state index is 12.4. The van der Waals surface area contributed by atoms with E-state index in [-0.39, 0.29) is 12.3 Å². The van der Waals surface area contributed by atoms with E-state index < -0.39 is 5.97 Å². The van der Waals surface area contributed by atoms with Gasteiger partial charge in [-0.15, -0.1) is 11.3 Å². The Bertz CT molecular complexity index is 766. The monoisotopic (exact) mass is 317 g/mol. The smallest absolute Gasteiger partial charge is 0.348 e. The number of ether oxygens (including phenoxy) is 2. The Kier molecular flexibility index (Phi) is 3.62. The van der Waals surface area contributed by atoms with Gasteiger partial charge in [-0.25, -0.2) is 4.79 Å². The first-order valence-corrected chi connectivity index (χ1v) is 7.53. The van der Waals surface area contributed by atoms with Crippen LogP contribution in [0.2, 0.25) is 0 Å². The summed E-state index contributed by atoms with van der Waals surface area (Å²) >= 11 is 1.29. The van der Waals surface area contributed by atoms with Crippen LogP contribution < -0.4 is 9.64 Å². The van der Waals surface area contributed by atoms with Crippen LogP contribution in [-0.4, -0.2) is 33.1 Å². The molecule has 0 saturated carbocycles. The third-order valence-electron chi connectivity index (χ3n) is 3.74. The SMILES string of the molecule is COC(=O)c1cc2c(s1)CC(=O)N(C)c1cccc(OC)c1-2. The molecule has 0 radical (unpaired) electrons. The van der Waals surface area contributed by atoms with Gasteiger partial charge >= 0.3 is 5.97 Å². The van der Waals surface area contributed by atoms with Crippen LogP contribution in [0.4, 0.5) is 5.69 Å². The summed E-state index contributed by atoms with van der Waals surface area (Å²) in [5.41, 5.74) is 2.47. The van der Waals surface area contributed by atoms with Crippen LogP contribution >= 0.6 is 11.3 Å². The minimum atomic E-state index is -0.393. The summed E-state index contributed by atoms with van der Waals surface area (Å²) in [4.78, 5) is 27.1. The van der Waals surface area contributed by atoms with Gasteiger partial charge in [-0.2, -0.15) is 0 Å². The largest absolute Gasteiger partial charge is 0.496 e. The van der Waals surface area contributed by atoms with E-state index in [2.05, 4.69) is 0 Å². The number of fused-ring (bicyclic) bond motifs is 3. The van der Waals surface area contributed by atoms with Gasteiger partial charge in [0.25, 0.3) is 0 Å². The van der Waals surface area contributed by atoms with Crippen molar-refractivity contribution in [2.24, 2.45) is 0 Å². The molecule has 0 bridgehead atoms. The molecule has 3 rings (SSSR count). The number of anilines is 1. The highest BCUT2D eigenvalue weighted by Crippen LogP contribution is 2.45. The summed E-state index contributed by atoms with van der Waals surface area (Å²) < 4.78 is 10.2. The van der Waals surface area contributed by atoms with Crippen LogP contribution in [-0.2, 0) is 16.0 Å². The Morgan fingerprint density at radius 3 is 2.77 bits per heavy atom. The van der Waals surface area contributed by atoms with Gasteiger partial charge in [-0.1, -0.05) is 6.07 Å². The van der Waals surface area contributed by atoms with Crippen molar-refractivity contribution in [1.29, 1.82) is 0 Å². The van der Waals surface area contributed by atoms with Gasteiger partial charge < -0.3 is 14.4 Å². The second-order valence-corrected chi connectivity index (χ2v) is 6.06. The van der Waals surface area contributed by atoms with E-state index in [1.54, 1.807) is 25.1 Å². The fourth-order valence-corrected chi connectivity index (χ4v) is 3.68. The van der Waals surface area contributed by atoms with Gasteiger partial charge in [-0.3, -0.25) is 4.79 Å². The maximum Gasteiger partial charge on any atom is 0.348 e. The molecular weight excluding hydrogens is 302 g/mol. The van der Waals surface area contributed by atoms with Crippen molar-refractivity contribution < 1.29 is 19.1 Å². The summed E-state index contributed by atoms with van der Waals surface area (Å²) in [7, 11) is 4.69. The van der Waals surface area contributed by atoms with Gasteiger partial charge in [0.1, 0.15) is 10.6 Å². The summed E-state index contributed by atoms with van der Waals surface area (Å²) in [6, 6.07) is 7.35. The molecule has 0 saturated heterocycles. The summed E-state index contributed by atoms with van der Waals surface area (Å²) in [5, 5.41) is 0. The summed E-state index contributed by atoms with van der Waals surface area (Å²) in [6.07, 6.45) is 0.255. The average Bonchev–Trinajstić information content (AvgIpc) is 2.91. The molecule has 0 atom stereocenters. The molecule has 1 aliphatic heterocycles. The average molecular weight is 317 g/mol. The number of benzene rings is 1. The molecule has 114 valence electrons. The minimum Gasteiger partial charge on any atom is -0.496 e. The highest BCUT2D eigenvalue weighted by atomic mass is 32.1. The maximum atomic E-state index is 12.4. The molecular formula is C16H15NO4S. The molecule has 5 nitrogen and oxygen atoms in total. The third kappa shape index (κ3) is 2.16. The van der Waals surface area contributed by atoms with Gasteiger partial charge in [0.15, 0.2) is 0 Å². The summed E-state index contributed by atoms with van der Waals surface area (Å²) in [5.74, 6) is 0.261. The van der Waals surface area contributed by atoms with Crippen molar-refractivity contribution in [2.45, 2.75) is 6.42 Å². The molecule has 0 unspecified atom stereocenters. The first kappa shape index (κ1) is 14.6. The van der Waals surface area contributed by atoms with E-state index in [1.165, 1.54) is 18.4 Å². The number of hydrogen-bond acceptors (Lipinski definition) is 5. The standard InChI is InChI=1S/C16H15NO4S/c1-17-10-5-4-6-11(20-2)15(10)9-7-13(16(19)21-3)22-12(9)8-14(17)18/h4-7H,8H2,1-3H3. The van der Waals surface area contributed by atoms with Crippen molar-refractivity contribution in [1.82, 2.24) is 0 Å². The number of thiophene rings is 1. The number of carbonyl (C=O) groups excluding carboxylic acids is 2. The summed E-state index contributed by atoms with van der Waals surface area (Å²) in [6.45, 7) is 0. The lowest BCUT2D eigenvalue weighted by Gasteiger charge is -2.19. The fourth-order valence-electron chi connectivity index (χ4n) is 2.60. The molecule has 1 amide bonds. The van der Waals surface area contributed by atoms with E-state index in [1.807, 2.05) is 18.2 Å². The number of rotatable bonds is 2. The Balaban J connectivity index is 2.29. The molecule has 0 aliphatic carbocycles. The first-order valence-electron chi connectivity index (χ1n) is 6.71. The normalized spacial score (nSPS) is 13.2. The van der Waals surface area contributed by atoms with Crippen LogP contribution in [0.25, 0.3) is 11.1 Å². The number of hydrogen-bond donors (Lipinski definition) is 0. The zero-order chi connectivity index (χ0) is 15.9. The number of esters is 1. The molecule has 1 aromatic heterocycles. The van der Waals surface area contributed by atoms with Crippen molar-refractivity contribution in [2.75, 3.05) is 26.2 Å². The van der Waals surface area contributed by atoms with Crippen molar-refractivity contribution >= 4 is 28.9 Å². The zero-order valence-electron chi connectivity index (χ0n) is 12.5. The van der Waals surface area contributed by atoms with E-state index in [0.29, 0.717) is 10.6 Å². The number of carbonyl (C=O) groups is 2. The zero-order valence-corrected chi connectivity index (χ0v) is 13.3. The van der Waals surface area contributed by atoms with Crippen LogP contribution in [0.5, 0.6) is 5.75 Å². The molecule has 1 aromatic carbocycles. The minimum absolute atomic E-state index is 0.0217. The Morgan fingerprint density at radius 1 is 1.32 bits per heavy atom. The Morgan fingerprint density at radius 2 is 2.09 bits per heavy atom. The van der Waals surface area contributed by atoms with Crippen molar-refractivity contribution in [3.63, 3.8) is 0 Å². The number of likely N-dealkylation sites (N-methyl/N-ethyl adjacent to an activating group) is 1. The van der Waals surface area contributed by atoms with E-state index in [0.717, 1.165) is 21.7 Å². The topological polar surface area (TPSA) is 55.8 Å². The van der Waals surface area contributed by atoms with Crippen LogP contribution in [0.3, 0.4) is 0 Å².